The number of nitrogens with zero attached hydrogens (tertiary/aromatic N) is 2. The van der Waals surface area contributed by atoms with Gasteiger partial charge in [-0.2, -0.15) is 5.26 Å². The summed E-state index contributed by atoms with van der Waals surface area (Å²) in [5, 5.41) is 9.23. The highest BCUT2D eigenvalue weighted by Crippen LogP contribution is 2.36. The van der Waals surface area contributed by atoms with Crippen LogP contribution in [0.1, 0.15) is 39.0 Å². The molecule has 1 saturated heterocycles. The van der Waals surface area contributed by atoms with Gasteiger partial charge in [-0.1, -0.05) is 0 Å². The maximum absolute atomic E-state index is 9.23. The van der Waals surface area contributed by atoms with Crippen LogP contribution in [0, 0.1) is 11.3 Å². The molecule has 1 aliphatic heterocycles. The number of nitrogens with two attached hydrogens (primary N) is 1. The van der Waals surface area contributed by atoms with Gasteiger partial charge in [0.2, 0.25) is 0 Å². The molecule has 100 valence electrons. The fraction of sp³-hybridized carbons (Fsp3) is 0.538. The molecule has 0 bridgehead atoms. The molecular weight excluding hydrogens is 241 g/mol. The molecule has 1 aromatic heterocycles. The van der Waals surface area contributed by atoms with Crippen LogP contribution in [0.15, 0.2) is 12.3 Å². The lowest BCUT2D eigenvalue weighted by Gasteiger charge is -2.32. The third-order valence-corrected chi connectivity index (χ3v) is 3.83. The molecular formula is C13H18BN3O2. The SMILES string of the molecule is CC1(C)OB(c2cnc(CN)cc2C#N)OC1(C)C. The summed E-state index contributed by atoms with van der Waals surface area (Å²) in [5.41, 5.74) is 6.48. The van der Waals surface area contributed by atoms with E-state index in [0.29, 0.717) is 23.3 Å². The van der Waals surface area contributed by atoms with Crippen molar-refractivity contribution in [1.82, 2.24) is 4.98 Å². The van der Waals surface area contributed by atoms with Gasteiger partial charge < -0.3 is 15.0 Å². The summed E-state index contributed by atoms with van der Waals surface area (Å²) in [6.07, 6.45) is 1.61. The van der Waals surface area contributed by atoms with Crippen molar-refractivity contribution in [3.8, 4) is 6.07 Å². The van der Waals surface area contributed by atoms with Gasteiger partial charge in [0.05, 0.1) is 28.5 Å². The first-order valence-corrected chi connectivity index (χ1v) is 6.25. The first kappa shape index (κ1) is 14.0. The number of pyridine rings is 1. The van der Waals surface area contributed by atoms with Crippen LogP contribution in [-0.4, -0.2) is 23.3 Å². The topological polar surface area (TPSA) is 81.2 Å². The second-order valence-electron chi connectivity index (χ2n) is 5.67. The van der Waals surface area contributed by atoms with Crippen molar-refractivity contribution in [2.75, 3.05) is 0 Å². The van der Waals surface area contributed by atoms with Gasteiger partial charge in [0, 0.05) is 18.2 Å². The number of hydrogen-bond donors (Lipinski definition) is 1. The van der Waals surface area contributed by atoms with Crippen LogP contribution in [0.5, 0.6) is 0 Å². The molecule has 2 N–H and O–H groups in total. The van der Waals surface area contributed by atoms with E-state index in [1.165, 1.54) is 0 Å². The molecule has 0 unspecified atom stereocenters. The summed E-state index contributed by atoms with van der Waals surface area (Å²) in [4.78, 5) is 4.21. The average molecular weight is 259 g/mol. The minimum atomic E-state index is -0.570. The van der Waals surface area contributed by atoms with Gasteiger partial charge in [-0.25, -0.2) is 0 Å². The van der Waals surface area contributed by atoms with Gasteiger partial charge in [-0.15, -0.1) is 0 Å². The van der Waals surface area contributed by atoms with Crippen LogP contribution in [0.25, 0.3) is 0 Å². The van der Waals surface area contributed by atoms with Crippen molar-refractivity contribution in [2.24, 2.45) is 5.73 Å². The smallest absolute Gasteiger partial charge is 0.399 e. The van der Waals surface area contributed by atoms with Crippen molar-refractivity contribution in [2.45, 2.75) is 45.4 Å². The minimum absolute atomic E-state index is 0.304. The Morgan fingerprint density at radius 3 is 2.37 bits per heavy atom. The van der Waals surface area contributed by atoms with Gasteiger partial charge in [-0.05, 0) is 33.8 Å². The lowest BCUT2D eigenvalue weighted by Crippen LogP contribution is -2.41. The van der Waals surface area contributed by atoms with Gasteiger partial charge in [-0.3, -0.25) is 4.98 Å². The molecule has 0 radical (unpaired) electrons. The predicted octanol–water partition coefficient (Wildman–Crippen LogP) is 0.711. The third kappa shape index (κ3) is 2.37. The van der Waals surface area contributed by atoms with Crippen LogP contribution in [0.2, 0.25) is 0 Å². The molecule has 0 saturated carbocycles. The van der Waals surface area contributed by atoms with E-state index in [0.717, 1.165) is 0 Å². The largest absolute Gasteiger partial charge is 0.497 e. The zero-order chi connectivity index (χ0) is 14.3. The minimum Gasteiger partial charge on any atom is -0.399 e. The molecule has 0 spiro atoms. The maximum atomic E-state index is 9.23. The Bertz CT molecular complexity index is 521. The Hall–Kier alpha value is -1.42. The van der Waals surface area contributed by atoms with E-state index in [1.54, 1.807) is 12.3 Å². The van der Waals surface area contributed by atoms with Crippen molar-refractivity contribution < 1.29 is 9.31 Å². The van der Waals surface area contributed by atoms with E-state index < -0.39 is 18.3 Å². The number of nitriles is 1. The van der Waals surface area contributed by atoms with Crippen LogP contribution in [0.3, 0.4) is 0 Å². The monoisotopic (exact) mass is 259 g/mol. The first-order valence-electron chi connectivity index (χ1n) is 6.25. The molecule has 1 aliphatic rings. The van der Waals surface area contributed by atoms with Gasteiger partial charge in [0.1, 0.15) is 0 Å². The zero-order valence-corrected chi connectivity index (χ0v) is 11.7. The van der Waals surface area contributed by atoms with Gasteiger partial charge >= 0.3 is 7.12 Å². The molecule has 0 aliphatic carbocycles. The van der Waals surface area contributed by atoms with E-state index >= 15 is 0 Å². The molecule has 1 fully saturated rings. The molecule has 0 amide bonds. The second-order valence-corrected chi connectivity index (χ2v) is 5.67. The molecule has 1 aromatic rings. The third-order valence-electron chi connectivity index (χ3n) is 3.83. The Morgan fingerprint density at radius 1 is 1.32 bits per heavy atom. The molecule has 0 aromatic carbocycles. The van der Waals surface area contributed by atoms with Crippen molar-refractivity contribution >= 4 is 12.6 Å². The Kier molecular flexibility index (Phi) is 3.39. The summed E-state index contributed by atoms with van der Waals surface area (Å²) in [6.45, 7) is 8.20. The summed E-state index contributed by atoms with van der Waals surface area (Å²) >= 11 is 0. The van der Waals surface area contributed by atoms with Crippen molar-refractivity contribution in [1.29, 1.82) is 5.26 Å². The van der Waals surface area contributed by atoms with Crippen LogP contribution in [-0.2, 0) is 15.9 Å². The highest BCUT2D eigenvalue weighted by atomic mass is 16.7. The van der Waals surface area contributed by atoms with Crippen LogP contribution < -0.4 is 11.2 Å². The number of hydrogen-bond acceptors (Lipinski definition) is 5. The van der Waals surface area contributed by atoms with E-state index in [2.05, 4.69) is 11.1 Å². The molecule has 6 heteroatoms. The van der Waals surface area contributed by atoms with Crippen molar-refractivity contribution in [3.05, 3.63) is 23.5 Å². The number of rotatable bonds is 2. The van der Waals surface area contributed by atoms with Crippen LogP contribution in [0.4, 0.5) is 0 Å². The summed E-state index contributed by atoms with van der Waals surface area (Å²) in [5.74, 6) is 0. The highest BCUT2D eigenvalue weighted by molar-refractivity contribution is 6.62. The van der Waals surface area contributed by atoms with E-state index in [4.69, 9.17) is 15.0 Å². The fourth-order valence-corrected chi connectivity index (χ4v) is 1.88. The van der Waals surface area contributed by atoms with E-state index in [9.17, 15) is 5.26 Å². The lowest BCUT2D eigenvalue weighted by molar-refractivity contribution is 0.00578. The lowest BCUT2D eigenvalue weighted by atomic mass is 9.77. The quantitative estimate of drug-likeness (QED) is 0.791. The fourth-order valence-electron chi connectivity index (χ4n) is 1.88. The Morgan fingerprint density at radius 2 is 1.89 bits per heavy atom. The number of aromatic nitrogens is 1. The van der Waals surface area contributed by atoms with Gasteiger partial charge in [0.15, 0.2) is 0 Å². The standard InChI is InChI=1S/C13H18BN3O2/c1-12(2)13(3,4)19-14(18-12)11-8-17-10(7-16)5-9(11)6-15/h5,8H,7,16H2,1-4H3. The van der Waals surface area contributed by atoms with Gasteiger partial charge in [0.25, 0.3) is 0 Å². The normalized spacial score (nSPS) is 20.3. The molecule has 2 heterocycles. The molecule has 2 rings (SSSR count). The second kappa shape index (κ2) is 4.60. The molecule has 19 heavy (non-hydrogen) atoms. The van der Waals surface area contributed by atoms with Crippen LogP contribution >= 0.6 is 0 Å². The zero-order valence-electron chi connectivity index (χ0n) is 11.7. The summed E-state index contributed by atoms with van der Waals surface area (Å²) in [6, 6.07) is 3.83. The van der Waals surface area contributed by atoms with Crippen molar-refractivity contribution in [3.63, 3.8) is 0 Å². The highest BCUT2D eigenvalue weighted by Gasteiger charge is 2.52. The Balaban J connectivity index is 2.37. The van der Waals surface area contributed by atoms with E-state index in [-0.39, 0.29) is 0 Å². The predicted molar refractivity (Wildman–Crippen MR) is 72.6 cm³/mol. The molecule has 5 nitrogen and oxygen atoms in total. The first-order chi connectivity index (χ1) is 8.80. The maximum Gasteiger partial charge on any atom is 0.497 e. The Labute approximate surface area is 113 Å². The molecule has 0 atom stereocenters. The average Bonchev–Trinajstić information content (AvgIpc) is 2.57. The summed E-state index contributed by atoms with van der Waals surface area (Å²) in [7, 11) is -0.570. The summed E-state index contributed by atoms with van der Waals surface area (Å²) < 4.78 is 11.8. The van der Waals surface area contributed by atoms with E-state index in [1.807, 2.05) is 27.7 Å².